The Bertz CT molecular complexity index is 512. The fourth-order valence-electron chi connectivity index (χ4n) is 4.07. The van der Waals surface area contributed by atoms with Gasteiger partial charge in [-0.2, -0.15) is 0 Å². The molecule has 1 aromatic rings. The summed E-state index contributed by atoms with van der Waals surface area (Å²) in [5.74, 6) is 2.46. The Morgan fingerprint density at radius 1 is 1.35 bits per heavy atom. The molecular formula is C17H24N2O. The number of fused-ring (bicyclic) bond motifs is 2. The minimum absolute atomic E-state index is 0.145. The van der Waals surface area contributed by atoms with Crippen LogP contribution in [-0.2, 0) is 11.2 Å². The molecule has 108 valence electrons. The molecule has 20 heavy (non-hydrogen) atoms. The molecule has 0 radical (unpaired) electrons. The molecule has 2 aliphatic rings. The van der Waals surface area contributed by atoms with Crippen LogP contribution in [0.4, 0.5) is 11.4 Å². The van der Waals surface area contributed by atoms with Crippen LogP contribution in [-0.4, -0.2) is 5.91 Å². The zero-order valence-electron chi connectivity index (χ0n) is 12.2. The summed E-state index contributed by atoms with van der Waals surface area (Å²) in [5, 5.41) is 3.00. The van der Waals surface area contributed by atoms with E-state index in [1.165, 1.54) is 25.7 Å². The highest BCUT2D eigenvalue weighted by Gasteiger charge is 2.40. The van der Waals surface area contributed by atoms with Crippen molar-refractivity contribution >= 4 is 17.3 Å². The molecule has 0 spiro atoms. The summed E-state index contributed by atoms with van der Waals surface area (Å²) in [6.07, 6.45) is 6.94. The SMILES string of the molecule is CCc1ccc(NC(=O)CC2CC3CCC2C3)cc1N. The summed E-state index contributed by atoms with van der Waals surface area (Å²) in [5.41, 5.74) is 8.70. The van der Waals surface area contributed by atoms with Gasteiger partial charge in [-0.05, 0) is 61.1 Å². The maximum absolute atomic E-state index is 12.2. The minimum Gasteiger partial charge on any atom is -0.398 e. The third kappa shape index (κ3) is 2.67. The van der Waals surface area contributed by atoms with E-state index in [0.717, 1.165) is 35.2 Å². The van der Waals surface area contributed by atoms with Crippen LogP contribution in [0, 0.1) is 17.8 Å². The van der Waals surface area contributed by atoms with Gasteiger partial charge in [-0.1, -0.05) is 19.4 Å². The summed E-state index contributed by atoms with van der Waals surface area (Å²) in [6, 6.07) is 5.83. The van der Waals surface area contributed by atoms with E-state index in [-0.39, 0.29) is 5.91 Å². The number of hydrogen-bond donors (Lipinski definition) is 2. The fourth-order valence-corrected chi connectivity index (χ4v) is 4.07. The normalized spacial score (nSPS) is 27.8. The predicted molar refractivity (Wildman–Crippen MR) is 82.4 cm³/mol. The number of carbonyl (C=O) groups excluding carboxylic acids is 1. The maximum atomic E-state index is 12.2. The molecule has 3 rings (SSSR count). The predicted octanol–water partition coefficient (Wildman–Crippen LogP) is 3.60. The summed E-state index contributed by atoms with van der Waals surface area (Å²) >= 11 is 0. The van der Waals surface area contributed by atoms with Crippen LogP contribution in [0.3, 0.4) is 0 Å². The number of anilines is 2. The van der Waals surface area contributed by atoms with Gasteiger partial charge in [-0.25, -0.2) is 0 Å². The fraction of sp³-hybridized carbons (Fsp3) is 0.588. The number of benzene rings is 1. The number of nitrogens with two attached hydrogens (primary N) is 1. The first-order valence-corrected chi connectivity index (χ1v) is 7.84. The highest BCUT2D eigenvalue weighted by molar-refractivity contribution is 5.91. The molecule has 2 bridgehead atoms. The van der Waals surface area contributed by atoms with Gasteiger partial charge >= 0.3 is 0 Å². The Morgan fingerprint density at radius 2 is 2.20 bits per heavy atom. The van der Waals surface area contributed by atoms with Gasteiger partial charge in [0, 0.05) is 17.8 Å². The van der Waals surface area contributed by atoms with Gasteiger partial charge in [0.05, 0.1) is 0 Å². The van der Waals surface area contributed by atoms with Crippen LogP contribution in [0.5, 0.6) is 0 Å². The molecule has 0 heterocycles. The smallest absolute Gasteiger partial charge is 0.224 e. The molecule has 0 saturated heterocycles. The van der Waals surface area contributed by atoms with Crippen LogP contribution in [0.15, 0.2) is 18.2 Å². The van der Waals surface area contributed by atoms with Gasteiger partial charge in [0.15, 0.2) is 0 Å². The number of amides is 1. The third-order valence-electron chi connectivity index (χ3n) is 5.14. The van der Waals surface area contributed by atoms with Crippen LogP contribution in [0.2, 0.25) is 0 Å². The van der Waals surface area contributed by atoms with Gasteiger partial charge < -0.3 is 11.1 Å². The van der Waals surface area contributed by atoms with Crippen molar-refractivity contribution in [1.82, 2.24) is 0 Å². The molecule has 3 nitrogen and oxygen atoms in total. The molecule has 3 unspecified atom stereocenters. The summed E-state index contributed by atoms with van der Waals surface area (Å²) < 4.78 is 0. The zero-order chi connectivity index (χ0) is 14.1. The average Bonchev–Trinajstić information content (AvgIpc) is 3.01. The highest BCUT2D eigenvalue weighted by atomic mass is 16.1. The lowest BCUT2D eigenvalue weighted by atomic mass is 9.86. The third-order valence-corrected chi connectivity index (χ3v) is 5.14. The summed E-state index contributed by atoms with van der Waals surface area (Å²) in [4.78, 5) is 12.2. The number of aryl methyl sites for hydroxylation is 1. The molecule has 0 aromatic heterocycles. The Balaban J connectivity index is 1.57. The van der Waals surface area contributed by atoms with E-state index in [1.807, 2.05) is 18.2 Å². The molecule has 0 aliphatic heterocycles. The Labute approximate surface area is 120 Å². The average molecular weight is 272 g/mol. The van der Waals surface area contributed by atoms with Crippen LogP contribution in [0.25, 0.3) is 0 Å². The van der Waals surface area contributed by atoms with Gasteiger partial charge in [0.25, 0.3) is 0 Å². The molecule has 3 heteroatoms. The van der Waals surface area contributed by atoms with Gasteiger partial charge in [-0.3, -0.25) is 4.79 Å². The molecule has 1 amide bonds. The summed E-state index contributed by atoms with van der Waals surface area (Å²) in [7, 11) is 0. The first kappa shape index (κ1) is 13.5. The molecular weight excluding hydrogens is 248 g/mol. The Hall–Kier alpha value is -1.51. The van der Waals surface area contributed by atoms with Crippen molar-refractivity contribution in [1.29, 1.82) is 0 Å². The number of hydrogen-bond acceptors (Lipinski definition) is 2. The lowest BCUT2D eigenvalue weighted by Crippen LogP contribution is -2.20. The summed E-state index contributed by atoms with van der Waals surface area (Å²) in [6.45, 7) is 2.08. The quantitative estimate of drug-likeness (QED) is 0.823. The molecule has 2 fully saturated rings. The topological polar surface area (TPSA) is 55.1 Å². The van der Waals surface area contributed by atoms with Crippen molar-refractivity contribution in [2.24, 2.45) is 17.8 Å². The highest BCUT2D eigenvalue weighted by Crippen LogP contribution is 2.49. The Morgan fingerprint density at radius 3 is 2.80 bits per heavy atom. The van der Waals surface area contributed by atoms with Gasteiger partial charge in [0.2, 0.25) is 5.91 Å². The van der Waals surface area contributed by atoms with Crippen molar-refractivity contribution in [3.8, 4) is 0 Å². The zero-order valence-corrected chi connectivity index (χ0v) is 12.2. The lowest BCUT2D eigenvalue weighted by molar-refractivity contribution is -0.117. The monoisotopic (exact) mass is 272 g/mol. The molecule has 1 aromatic carbocycles. The van der Waals surface area contributed by atoms with Crippen LogP contribution in [0.1, 0.15) is 44.6 Å². The van der Waals surface area contributed by atoms with Gasteiger partial charge in [-0.15, -0.1) is 0 Å². The van der Waals surface area contributed by atoms with Crippen molar-refractivity contribution in [2.75, 3.05) is 11.1 Å². The lowest BCUT2D eigenvalue weighted by Gasteiger charge is -2.21. The van der Waals surface area contributed by atoms with Crippen molar-refractivity contribution in [3.63, 3.8) is 0 Å². The first-order valence-electron chi connectivity index (χ1n) is 7.84. The second kappa shape index (κ2) is 5.47. The van der Waals surface area contributed by atoms with Crippen LogP contribution < -0.4 is 11.1 Å². The molecule has 3 atom stereocenters. The minimum atomic E-state index is 0.145. The van der Waals surface area contributed by atoms with E-state index in [0.29, 0.717) is 12.3 Å². The van der Waals surface area contributed by atoms with E-state index in [2.05, 4.69) is 12.2 Å². The van der Waals surface area contributed by atoms with E-state index in [4.69, 9.17) is 5.73 Å². The van der Waals surface area contributed by atoms with E-state index < -0.39 is 0 Å². The van der Waals surface area contributed by atoms with Crippen molar-refractivity contribution in [3.05, 3.63) is 23.8 Å². The van der Waals surface area contributed by atoms with Crippen molar-refractivity contribution in [2.45, 2.75) is 45.4 Å². The first-order chi connectivity index (χ1) is 9.65. The maximum Gasteiger partial charge on any atom is 0.224 e. The Kier molecular flexibility index (Phi) is 3.68. The molecule has 2 saturated carbocycles. The number of nitrogen functional groups attached to an aromatic ring is 1. The molecule has 3 N–H and O–H groups in total. The second-order valence-electron chi connectivity index (χ2n) is 6.45. The van der Waals surface area contributed by atoms with Crippen molar-refractivity contribution < 1.29 is 4.79 Å². The number of nitrogens with one attached hydrogen (secondary N) is 1. The van der Waals surface area contributed by atoms with Crippen LogP contribution >= 0.6 is 0 Å². The van der Waals surface area contributed by atoms with E-state index in [9.17, 15) is 4.79 Å². The molecule has 2 aliphatic carbocycles. The van der Waals surface area contributed by atoms with Gasteiger partial charge in [0.1, 0.15) is 0 Å². The number of rotatable bonds is 4. The number of carbonyl (C=O) groups is 1. The largest absolute Gasteiger partial charge is 0.398 e. The van der Waals surface area contributed by atoms with E-state index >= 15 is 0 Å². The van der Waals surface area contributed by atoms with E-state index in [1.54, 1.807) is 0 Å². The second-order valence-corrected chi connectivity index (χ2v) is 6.45. The standard InChI is InChI=1S/C17H24N2O/c1-2-12-5-6-15(10-16(12)18)19-17(20)9-14-8-11-3-4-13(14)7-11/h5-6,10-11,13-14H,2-4,7-9,18H2,1H3,(H,19,20).